The minimum Gasteiger partial charge on any atom is -0.457 e. The molecule has 4 nitrogen and oxygen atoms in total. The van der Waals surface area contributed by atoms with Crippen LogP contribution in [0.3, 0.4) is 0 Å². The van der Waals surface area contributed by atoms with Gasteiger partial charge in [-0.05, 0) is 29.8 Å². The molecular formula is C15H16N2O2. The minimum absolute atomic E-state index is 0.120. The molecule has 4 heteroatoms. The van der Waals surface area contributed by atoms with Crippen LogP contribution in [0, 0.1) is 0 Å². The van der Waals surface area contributed by atoms with Crippen LogP contribution in [-0.4, -0.2) is 5.91 Å². The highest BCUT2D eigenvalue weighted by atomic mass is 16.5. The van der Waals surface area contributed by atoms with E-state index in [4.69, 9.17) is 16.2 Å². The molecule has 98 valence electrons. The second-order valence-corrected chi connectivity index (χ2v) is 4.26. The van der Waals surface area contributed by atoms with Crippen LogP contribution in [0.25, 0.3) is 0 Å². The summed E-state index contributed by atoms with van der Waals surface area (Å²) >= 11 is 0. The van der Waals surface area contributed by atoms with E-state index in [2.05, 4.69) is 0 Å². The van der Waals surface area contributed by atoms with E-state index in [0.29, 0.717) is 5.75 Å². The Balaban J connectivity index is 2.13. The molecule has 0 aliphatic heterocycles. The first kappa shape index (κ1) is 13.1. The summed E-state index contributed by atoms with van der Waals surface area (Å²) in [5.41, 5.74) is 11.9. The number of hydrogen-bond acceptors (Lipinski definition) is 3. The van der Waals surface area contributed by atoms with Gasteiger partial charge in [-0.15, -0.1) is 0 Å². The third-order valence-corrected chi connectivity index (χ3v) is 2.69. The van der Waals surface area contributed by atoms with Gasteiger partial charge in [-0.3, -0.25) is 4.79 Å². The number of carbonyl (C=O) groups is 1. The van der Waals surface area contributed by atoms with E-state index in [1.807, 2.05) is 54.6 Å². The molecule has 0 bridgehead atoms. The van der Waals surface area contributed by atoms with Crippen LogP contribution in [0.5, 0.6) is 11.5 Å². The predicted molar refractivity (Wildman–Crippen MR) is 73.7 cm³/mol. The molecule has 0 saturated heterocycles. The van der Waals surface area contributed by atoms with Crippen molar-refractivity contribution in [3.05, 3.63) is 60.2 Å². The number of benzene rings is 2. The van der Waals surface area contributed by atoms with Crippen molar-refractivity contribution in [1.82, 2.24) is 0 Å². The average molecular weight is 256 g/mol. The molecule has 0 radical (unpaired) electrons. The van der Waals surface area contributed by atoms with Gasteiger partial charge in [0.05, 0.1) is 0 Å². The summed E-state index contributed by atoms with van der Waals surface area (Å²) in [6, 6.07) is 16.4. The Labute approximate surface area is 112 Å². The monoisotopic (exact) mass is 256 g/mol. The second-order valence-electron chi connectivity index (χ2n) is 4.26. The van der Waals surface area contributed by atoms with Gasteiger partial charge in [0.25, 0.3) is 0 Å². The molecule has 0 saturated carbocycles. The Morgan fingerprint density at radius 2 is 1.74 bits per heavy atom. The lowest BCUT2D eigenvalue weighted by Gasteiger charge is -2.12. The van der Waals surface area contributed by atoms with Crippen molar-refractivity contribution in [2.75, 3.05) is 0 Å². The number of primary amides is 1. The molecular weight excluding hydrogens is 240 g/mol. The lowest BCUT2D eigenvalue weighted by atomic mass is 10.0. The van der Waals surface area contributed by atoms with Crippen molar-refractivity contribution in [2.45, 2.75) is 12.5 Å². The number of rotatable bonds is 5. The van der Waals surface area contributed by atoms with Gasteiger partial charge < -0.3 is 16.2 Å². The number of carbonyl (C=O) groups excluding carboxylic acids is 1. The lowest BCUT2D eigenvalue weighted by molar-refractivity contribution is -0.118. The van der Waals surface area contributed by atoms with Gasteiger partial charge in [-0.25, -0.2) is 0 Å². The van der Waals surface area contributed by atoms with E-state index in [-0.39, 0.29) is 6.42 Å². The molecule has 2 aromatic carbocycles. The molecule has 1 amide bonds. The van der Waals surface area contributed by atoms with E-state index in [1.165, 1.54) is 0 Å². The van der Waals surface area contributed by atoms with Crippen molar-refractivity contribution >= 4 is 5.91 Å². The van der Waals surface area contributed by atoms with Crippen LogP contribution in [0.15, 0.2) is 54.6 Å². The van der Waals surface area contributed by atoms with E-state index in [0.717, 1.165) is 11.3 Å². The maximum Gasteiger partial charge on any atom is 0.219 e. The lowest BCUT2D eigenvalue weighted by Crippen LogP contribution is -2.20. The maximum absolute atomic E-state index is 10.9. The Bertz CT molecular complexity index is 555. The van der Waals surface area contributed by atoms with E-state index < -0.39 is 11.9 Å². The average Bonchev–Trinajstić information content (AvgIpc) is 2.39. The van der Waals surface area contributed by atoms with Crippen LogP contribution >= 0.6 is 0 Å². The van der Waals surface area contributed by atoms with Crippen molar-refractivity contribution < 1.29 is 9.53 Å². The molecule has 0 fully saturated rings. The highest BCUT2D eigenvalue weighted by Gasteiger charge is 2.10. The summed E-state index contributed by atoms with van der Waals surface area (Å²) in [6.45, 7) is 0. The van der Waals surface area contributed by atoms with Crippen molar-refractivity contribution in [2.24, 2.45) is 11.5 Å². The second kappa shape index (κ2) is 6.02. The molecule has 1 unspecified atom stereocenters. The van der Waals surface area contributed by atoms with Crippen LogP contribution in [-0.2, 0) is 4.79 Å². The number of para-hydroxylation sites is 1. The Morgan fingerprint density at radius 1 is 1.05 bits per heavy atom. The zero-order valence-electron chi connectivity index (χ0n) is 10.5. The van der Waals surface area contributed by atoms with Crippen LogP contribution < -0.4 is 16.2 Å². The number of hydrogen-bond donors (Lipinski definition) is 2. The SMILES string of the molecule is NC(=O)CC(N)c1cccc(Oc2ccccc2)c1. The highest BCUT2D eigenvalue weighted by molar-refractivity contribution is 5.74. The van der Waals surface area contributed by atoms with Crippen molar-refractivity contribution in [3.63, 3.8) is 0 Å². The normalized spacial score (nSPS) is 11.8. The first-order valence-corrected chi connectivity index (χ1v) is 6.02. The Kier molecular flexibility index (Phi) is 4.15. The molecule has 0 aromatic heterocycles. The quantitative estimate of drug-likeness (QED) is 0.861. The molecule has 0 aliphatic carbocycles. The number of nitrogens with two attached hydrogens (primary N) is 2. The van der Waals surface area contributed by atoms with Gasteiger partial charge in [0, 0.05) is 12.5 Å². The topological polar surface area (TPSA) is 78.3 Å². The summed E-state index contributed by atoms with van der Waals surface area (Å²) in [7, 11) is 0. The first-order valence-electron chi connectivity index (χ1n) is 6.02. The molecule has 0 heterocycles. The summed E-state index contributed by atoms with van der Waals surface area (Å²) in [5.74, 6) is 1.02. The smallest absolute Gasteiger partial charge is 0.219 e. The maximum atomic E-state index is 10.9. The fourth-order valence-electron chi connectivity index (χ4n) is 1.77. The third-order valence-electron chi connectivity index (χ3n) is 2.69. The fourth-order valence-corrected chi connectivity index (χ4v) is 1.77. The fraction of sp³-hybridized carbons (Fsp3) is 0.133. The summed E-state index contributed by atoms with van der Waals surface area (Å²) in [5, 5.41) is 0. The van der Waals surface area contributed by atoms with Gasteiger partial charge in [-0.1, -0.05) is 30.3 Å². The van der Waals surface area contributed by atoms with E-state index >= 15 is 0 Å². The van der Waals surface area contributed by atoms with E-state index in [1.54, 1.807) is 0 Å². The third kappa shape index (κ3) is 3.82. The molecule has 19 heavy (non-hydrogen) atoms. The molecule has 2 aromatic rings. The predicted octanol–water partition coefficient (Wildman–Crippen LogP) is 2.35. The summed E-state index contributed by atoms with van der Waals surface area (Å²) < 4.78 is 5.70. The summed E-state index contributed by atoms with van der Waals surface area (Å²) in [6.07, 6.45) is 0.120. The van der Waals surface area contributed by atoms with Gasteiger partial charge in [0.2, 0.25) is 5.91 Å². The van der Waals surface area contributed by atoms with Crippen molar-refractivity contribution in [1.29, 1.82) is 0 Å². The molecule has 0 aliphatic rings. The first-order chi connectivity index (χ1) is 9.15. The van der Waals surface area contributed by atoms with Crippen LogP contribution in [0.4, 0.5) is 0 Å². The minimum atomic E-state index is -0.415. The molecule has 1 atom stereocenters. The number of amides is 1. The zero-order chi connectivity index (χ0) is 13.7. The summed E-state index contributed by atoms with van der Waals surface area (Å²) in [4.78, 5) is 10.9. The van der Waals surface area contributed by atoms with Gasteiger partial charge in [0.1, 0.15) is 11.5 Å². The molecule has 0 spiro atoms. The van der Waals surface area contributed by atoms with Gasteiger partial charge >= 0.3 is 0 Å². The Morgan fingerprint density at radius 3 is 2.42 bits per heavy atom. The molecule has 2 rings (SSSR count). The van der Waals surface area contributed by atoms with Gasteiger partial charge in [0.15, 0.2) is 0 Å². The Hall–Kier alpha value is -2.33. The zero-order valence-corrected chi connectivity index (χ0v) is 10.5. The molecule has 4 N–H and O–H groups in total. The van der Waals surface area contributed by atoms with Crippen LogP contribution in [0.2, 0.25) is 0 Å². The largest absolute Gasteiger partial charge is 0.457 e. The standard InChI is InChI=1S/C15H16N2O2/c16-14(10-15(17)18)11-5-4-8-13(9-11)19-12-6-2-1-3-7-12/h1-9,14H,10,16H2,(H2,17,18). The highest BCUT2D eigenvalue weighted by Crippen LogP contribution is 2.24. The van der Waals surface area contributed by atoms with Crippen molar-refractivity contribution in [3.8, 4) is 11.5 Å². The van der Waals surface area contributed by atoms with E-state index in [9.17, 15) is 4.79 Å². The van der Waals surface area contributed by atoms with Crippen LogP contribution in [0.1, 0.15) is 18.0 Å². The van der Waals surface area contributed by atoms with Gasteiger partial charge in [-0.2, -0.15) is 0 Å². The number of ether oxygens (including phenoxy) is 1.